The van der Waals surface area contributed by atoms with Gasteiger partial charge in [0.1, 0.15) is 0 Å². The van der Waals surface area contributed by atoms with Crippen LogP contribution < -0.4 is 5.32 Å². The molecule has 2 aliphatic heterocycles. The number of aromatic nitrogens is 2. The smallest absolute Gasteiger partial charge is 0.237 e. The van der Waals surface area contributed by atoms with Crippen molar-refractivity contribution in [2.24, 2.45) is 5.41 Å². The molecule has 0 aromatic carbocycles. The van der Waals surface area contributed by atoms with Gasteiger partial charge in [0.15, 0.2) is 0 Å². The van der Waals surface area contributed by atoms with Crippen LogP contribution in [0, 0.1) is 12.3 Å². The van der Waals surface area contributed by atoms with Crippen molar-refractivity contribution in [3.8, 4) is 0 Å². The van der Waals surface area contributed by atoms with Gasteiger partial charge in [0.05, 0.1) is 30.2 Å². The van der Waals surface area contributed by atoms with E-state index in [0.29, 0.717) is 19.5 Å². The van der Waals surface area contributed by atoms with E-state index in [1.165, 1.54) is 0 Å². The number of hydrogen-bond donors (Lipinski definition) is 1. The summed E-state index contributed by atoms with van der Waals surface area (Å²) >= 11 is 0. The minimum absolute atomic E-state index is 0.0912. The minimum Gasteiger partial charge on any atom is -0.355 e. The number of likely N-dealkylation sites (tertiary alicyclic amines) is 2. The number of likely N-dealkylation sites (N-methyl/N-ethyl adjacent to an activating group) is 1. The number of carbonyl (C=O) groups excluding carboxylic acids is 2. The van der Waals surface area contributed by atoms with E-state index in [2.05, 4.69) is 20.2 Å². The van der Waals surface area contributed by atoms with Gasteiger partial charge < -0.3 is 10.2 Å². The maximum Gasteiger partial charge on any atom is 0.237 e. The van der Waals surface area contributed by atoms with Crippen molar-refractivity contribution < 1.29 is 9.59 Å². The van der Waals surface area contributed by atoms with Crippen LogP contribution in [0.25, 0.3) is 0 Å². The Morgan fingerprint density at radius 3 is 2.63 bits per heavy atom. The molecule has 3 heterocycles. The Balaban J connectivity index is 1.60. The molecular weight excluding hydrogens is 342 g/mol. The zero-order valence-electron chi connectivity index (χ0n) is 16.7. The number of carbonyl (C=O) groups is 2. The highest BCUT2D eigenvalue weighted by Crippen LogP contribution is 2.40. The second-order valence-electron chi connectivity index (χ2n) is 8.01. The average molecular weight is 374 g/mol. The molecule has 1 N–H and O–H groups in total. The van der Waals surface area contributed by atoms with Crippen molar-refractivity contribution in [2.75, 3.05) is 26.2 Å². The Hall–Kier alpha value is -2.02. The molecule has 7 nitrogen and oxygen atoms in total. The molecule has 1 spiro atoms. The molecule has 0 unspecified atom stereocenters. The van der Waals surface area contributed by atoms with Crippen LogP contribution in [0.15, 0.2) is 12.4 Å². The molecule has 1 aromatic heterocycles. The first-order valence-electron chi connectivity index (χ1n) is 9.99. The van der Waals surface area contributed by atoms with Crippen molar-refractivity contribution in [3.63, 3.8) is 0 Å². The molecule has 0 radical (unpaired) electrons. The molecule has 0 bridgehead atoms. The fourth-order valence-corrected chi connectivity index (χ4v) is 4.22. The summed E-state index contributed by atoms with van der Waals surface area (Å²) in [5, 5.41) is 2.91. The number of piperidine rings is 2. The number of amides is 2. The van der Waals surface area contributed by atoms with Crippen molar-refractivity contribution in [3.05, 3.63) is 23.8 Å². The highest BCUT2D eigenvalue weighted by Gasteiger charge is 2.42. The van der Waals surface area contributed by atoms with E-state index in [9.17, 15) is 9.59 Å². The van der Waals surface area contributed by atoms with Crippen molar-refractivity contribution in [1.29, 1.82) is 0 Å². The highest BCUT2D eigenvalue weighted by molar-refractivity contribution is 5.81. The Morgan fingerprint density at radius 2 is 2.00 bits per heavy atom. The van der Waals surface area contributed by atoms with E-state index >= 15 is 0 Å². The summed E-state index contributed by atoms with van der Waals surface area (Å²) in [6.07, 6.45) is 7.12. The average Bonchev–Trinajstić information content (AvgIpc) is 2.67. The van der Waals surface area contributed by atoms with Crippen LogP contribution in [0.3, 0.4) is 0 Å². The zero-order chi connectivity index (χ0) is 19.4. The lowest BCUT2D eigenvalue weighted by atomic mass is 9.72. The maximum atomic E-state index is 12.4. The fraction of sp³-hybridized carbons (Fsp3) is 0.700. The molecule has 27 heavy (non-hydrogen) atoms. The lowest BCUT2D eigenvalue weighted by Crippen LogP contribution is -2.54. The van der Waals surface area contributed by atoms with Crippen LogP contribution in [0.1, 0.15) is 50.9 Å². The van der Waals surface area contributed by atoms with Crippen molar-refractivity contribution in [2.45, 2.75) is 59.0 Å². The third-order valence-electron chi connectivity index (χ3n) is 6.07. The SMILES string of the molecule is CCNC(=O)[C@H](C)N1CCC2(CCC(=O)N(Cc3cnc(C)cn3)C2)CC1. The molecular formula is C20H31N5O2. The first kappa shape index (κ1) is 19.7. The van der Waals surface area contributed by atoms with E-state index in [0.717, 1.165) is 50.3 Å². The third-order valence-corrected chi connectivity index (χ3v) is 6.07. The summed E-state index contributed by atoms with van der Waals surface area (Å²) in [4.78, 5) is 37.5. The Labute approximate surface area is 161 Å². The van der Waals surface area contributed by atoms with Gasteiger partial charge in [-0.05, 0) is 58.5 Å². The molecule has 0 saturated carbocycles. The quantitative estimate of drug-likeness (QED) is 0.847. The van der Waals surface area contributed by atoms with Gasteiger partial charge in [-0.1, -0.05) is 0 Å². The highest BCUT2D eigenvalue weighted by atomic mass is 16.2. The van der Waals surface area contributed by atoms with E-state index in [4.69, 9.17) is 0 Å². The monoisotopic (exact) mass is 373 g/mol. The van der Waals surface area contributed by atoms with Crippen LogP contribution in [-0.4, -0.2) is 63.8 Å². The summed E-state index contributed by atoms with van der Waals surface area (Å²) in [7, 11) is 0. The van der Waals surface area contributed by atoms with E-state index < -0.39 is 0 Å². The van der Waals surface area contributed by atoms with Crippen LogP contribution in [-0.2, 0) is 16.1 Å². The van der Waals surface area contributed by atoms with Crippen molar-refractivity contribution in [1.82, 2.24) is 25.1 Å². The van der Waals surface area contributed by atoms with Gasteiger partial charge in [-0.2, -0.15) is 0 Å². The van der Waals surface area contributed by atoms with Gasteiger partial charge in [-0.15, -0.1) is 0 Å². The second kappa shape index (κ2) is 8.33. The normalized spacial score (nSPS) is 21.3. The molecule has 2 saturated heterocycles. The summed E-state index contributed by atoms with van der Waals surface area (Å²) < 4.78 is 0. The van der Waals surface area contributed by atoms with Crippen LogP contribution in [0.2, 0.25) is 0 Å². The Morgan fingerprint density at radius 1 is 1.26 bits per heavy atom. The minimum atomic E-state index is -0.0912. The van der Waals surface area contributed by atoms with Gasteiger partial charge in [0, 0.05) is 25.7 Å². The maximum absolute atomic E-state index is 12.4. The second-order valence-corrected chi connectivity index (χ2v) is 8.01. The molecule has 2 amide bonds. The predicted molar refractivity (Wildman–Crippen MR) is 103 cm³/mol. The number of nitrogens with zero attached hydrogens (tertiary/aromatic N) is 4. The Kier molecular flexibility index (Phi) is 6.09. The first-order valence-corrected chi connectivity index (χ1v) is 9.99. The van der Waals surface area contributed by atoms with Gasteiger partial charge in [0.2, 0.25) is 11.8 Å². The van der Waals surface area contributed by atoms with Crippen LogP contribution in [0.5, 0.6) is 0 Å². The molecule has 2 fully saturated rings. The molecule has 7 heteroatoms. The standard InChI is InChI=1S/C20H31N5O2/c1-4-21-19(27)16(3)24-9-7-20(8-10-24)6-5-18(26)25(14-20)13-17-12-22-15(2)11-23-17/h11-12,16H,4-10,13-14H2,1-3H3,(H,21,27)/t16-/m0/s1. The molecule has 3 rings (SSSR count). The third kappa shape index (κ3) is 4.64. The molecule has 0 aliphatic carbocycles. The van der Waals surface area contributed by atoms with E-state index in [1.807, 2.05) is 25.7 Å². The van der Waals surface area contributed by atoms with Crippen LogP contribution >= 0.6 is 0 Å². The predicted octanol–water partition coefficient (Wildman–Crippen LogP) is 1.51. The van der Waals surface area contributed by atoms with E-state index in [-0.39, 0.29) is 23.3 Å². The van der Waals surface area contributed by atoms with Gasteiger partial charge in [-0.25, -0.2) is 0 Å². The van der Waals surface area contributed by atoms with Gasteiger partial charge >= 0.3 is 0 Å². The number of aryl methyl sites for hydroxylation is 1. The number of nitrogens with one attached hydrogen (secondary N) is 1. The molecule has 1 aromatic rings. The molecule has 1 atom stereocenters. The zero-order valence-corrected chi connectivity index (χ0v) is 16.7. The fourth-order valence-electron chi connectivity index (χ4n) is 4.22. The van der Waals surface area contributed by atoms with Crippen LogP contribution in [0.4, 0.5) is 0 Å². The number of hydrogen-bond acceptors (Lipinski definition) is 5. The molecule has 148 valence electrons. The van der Waals surface area contributed by atoms with E-state index in [1.54, 1.807) is 12.4 Å². The summed E-state index contributed by atoms with van der Waals surface area (Å²) in [5.74, 6) is 0.313. The van der Waals surface area contributed by atoms with Gasteiger partial charge in [0.25, 0.3) is 0 Å². The van der Waals surface area contributed by atoms with Gasteiger partial charge in [-0.3, -0.25) is 24.5 Å². The summed E-state index contributed by atoms with van der Waals surface area (Å²) in [5.41, 5.74) is 1.89. The largest absolute Gasteiger partial charge is 0.355 e. The summed E-state index contributed by atoms with van der Waals surface area (Å²) in [6, 6.07) is -0.0912. The summed E-state index contributed by atoms with van der Waals surface area (Å²) in [6.45, 7) is 9.64. The van der Waals surface area contributed by atoms with Crippen molar-refractivity contribution >= 4 is 11.8 Å². The lowest BCUT2D eigenvalue weighted by molar-refractivity contribution is -0.140. The number of rotatable bonds is 5. The Bertz CT molecular complexity index is 667. The molecule has 2 aliphatic rings. The first-order chi connectivity index (χ1) is 12.9. The lowest BCUT2D eigenvalue weighted by Gasteiger charge is -2.48. The topological polar surface area (TPSA) is 78.4 Å².